The number of pyridine rings is 1. The number of aromatic nitrogens is 1. The molecule has 0 aliphatic heterocycles. The van der Waals surface area contributed by atoms with Crippen LogP contribution in [0.5, 0.6) is 0 Å². The molecule has 0 bridgehead atoms. The van der Waals surface area contributed by atoms with Crippen molar-refractivity contribution in [1.29, 1.82) is 0 Å². The summed E-state index contributed by atoms with van der Waals surface area (Å²) in [5.74, 6) is 4.69. The Morgan fingerprint density at radius 3 is 2.94 bits per heavy atom. The second kappa shape index (κ2) is 6.95. The van der Waals surface area contributed by atoms with Crippen molar-refractivity contribution in [1.82, 2.24) is 20.6 Å². The van der Waals surface area contributed by atoms with Gasteiger partial charge < -0.3 is 5.32 Å². The van der Waals surface area contributed by atoms with E-state index in [9.17, 15) is 4.79 Å². The van der Waals surface area contributed by atoms with Crippen LogP contribution in [0.4, 0.5) is 0 Å². The Bertz CT molecular complexity index is 369. The van der Waals surface area contributed by atoms with Gasteiger partial charge in [0, 0.05) is 19.6 Å². The summed E-state index contributed by atoms with van der Waals surface area (Å²) in [6.07, 6.45) is 0. The zero-order valence-electron chi connectivity index (χ0n) is 10.2. The molecule has 6 nitrogen and oxygen atoms in total. The standard InChI is InChI=1S/C11H19N5O/c1-13-6-7-16(2)8-9-4-3-5-10(14-9)11(17)15-12/h3-5,13H,6-8,12H2,1-2H3,(H,15,17). The van der Waals surface area contributed by atoms with Crippen LogP contribution in [0.3, 0.4) is 0 Å². The molecule has 0 unspecified atom stereocenters. The summed E-state index contributed by atoms with van der Waals surface area (Å²) in [7, 11) is 3.92. The molecule has 1 rings (SSSR count). The molecule has 0 aromatic carbocycles. The van der Waals surface area contributed by atoms with Crippen LogP contribution in [0.1, 0.15) is 16.2 Å². The number of hydrazine groups is 1. The van der Waals surface area contributed by atoms with Gasteiger partial charge in [-0.1, -0.05) is 6.07 Å². The lowest BCUT2D eigenvalue weighted by atomic mass is 10.3. The van der Waals surface area contributed by atoms with Gasteiger partial charge in [-0.2, -0.15) is 0 Å². The number of nitrogens with zero attached hydrogens (tertiary/aromatic N) is 2. The third-order valence-corrected chi connectivity index (χ3v) is 2.35. The lowest BCUT2D eigenvalue weighted by molar-refractivity contribution is 0.0948. The van der Waals surface area contributed by atoms with E-state index in [0.29, 0.717) is 12.2 Å². The van der Waals surface area contributed by atoms with Gasteiger partial charge >= 0.3 is 0 Å². The molecule has 17 heavy (non-hydrogen) atoms. The van der Waals surface area contributed by atoms with Crippen LogP contribution in [0, 0.1) is 0 Å². The van der Waals surface area contributed by atoms with E-state index in [0.717, 1.165) is 18.8 Å². The van der Waals surface area contributed by atoms with Crippen molar-refractivity contribution in [3.05, 3.63) is 29.6 Å². The van der Waals surface area contributed by atoms with E-state index in [4.69, 9.17) is 5.84 Å². The first kappa shape index (κ1) is 13.6. The summed E-state index contributed by atoms with van der Waals surface area (Å²) >= 11 is 0. The zero-order chi connectivity index (χ0) is 12.7. The summed E-state index contributed by atoms with van der Waals surface area (Å²) in [6, 6.07) is 5.33. The predicted octanol–water partition coefficient (Wildman–Crippen LogP) is -0.664. The number of amides is 1. The number of hydrogen-bond acceptors (Lipinski definition) is 5. The number of nitrogen functional groups attached to an aromatic ring is 1. The third kappa shape index (κ3) is 4.48. The highest BCUT2D eigenvalue weighted by Crippen LogP contribution is 2.02. The molecule has 0 aliphatic carbocycles. The van der Waals surface area contributed by atoms with E-state index < -0.39 is 0 Å². The molecule has 0 saturated carbocycles. The first-order chi connectivity index (χ1) is 8.17. The van der Waals surface area contributed by atoms with Gasteiger partial charge in [0.05, 0.1) is 5.69 Å². The summed E-state index contributed by atoms with van der Waals surface area (Å²) in [5, 5.41) is 3.08. The molecule has 0 aliphatic rings. The average molecular weight is 237 g/mol. The highest BCUT2D eigenvalue weighted by molar-refractivity contribution is 5.91. The highest BCUT2D eigenvalue weighted by Gasteiger charge is 2.07. The largest absolute Gasteiger partial charge is 0.318 e. The fourth-order valence-electron chi connectivity index (χ4n) is 1.43. The first-order valence-electron chi connectivity index (χ1n) is 5.47. The van der Waals surface area contributed by atoms with Gasteiger partial charge in [0.1, 0.15) is 5.69 Å². The van der Waals surface area contributed by atoms with Gasteiger partial charge in [0.15, 0.2) is 0 Å². The van der Waals surface area contributed by atoms with Crippen LogP contribution in [-0.4, -0.2) is 43.0 Å². The van der Waals surface area contributed by atoms with Gasteiger partial charge in [0.2, 0.25) is 0 Å². The minimum atomic E-state index is -0.371. The zero-order valence-corrected chi connectivity index (χ0v) is 10.2. The summed E-state index contributed by atoms with van der Waals surface area (Å²) in [4.78, 5) is 17.7. The Morgan fingerprint density at radius 2 is 2.29 bits per heavy atom. The van der Waals surface area contributed by atoms with Crippen molar-refractivity contribution in [2.24, 2.45) is 5.84 Å². The van der Waals surface area contributed by atoms with Crippen molar-refractivity contribution in [3.8, 4) is 0 Å². The van der Waals surface area contributed by atoms with Crippen LogP contribution in [-0.2, 0) is 6.54 Å². The molecule has 1 heterocycles. The van der Waals surface area contributed by atoms with Crippen molar-refractivity contribution < 1.29 is 4.79 Å². The quantitative estimate of drug-likeness (QED) is 0.347. The number of rotatable bonds is 6. The third-order valence-electron chi connectivity index (χ3n) is 2.35. The number of hydrogen-bond donors (Lipinski definition) is 3. The van der Waals surface area contributed by atoms with Gasteiger partial charge in [0.25, 0.3) is 5.91 Å². The van der Waals surface area contributed by atoms with Crippen LogP contribution in [0.15, 0.2) is 18.2 Å². The molecule has 4 N–H and O–H groups in total. The maximum Gasteiger partial charge on any atom is 0.283 e. The van der Waals surface area contributed by atoms with E-state index in [1.807, 2.05) is 20.2 Å². The van der Waals surface area contributed by atoms with Gasteiger partial charge in [-0.3, -0.25) is 15.1 Å². The Labute approximate surface area is 101 Å². The lowest BCUT2D eigenvalue weighted by Crippen LogP contribution is -2.31. The van der Waals surface area contributed by atoms with Crippen molar-refractivity contribution >= 4 is 5.91 Å². The second-order valence-corrected chi connectivity index (χ2v) is 3.83. The minimum Gasteiger partial charge on any atom is -0.318 e. The second-order valence-electron chi connectivity index (χ2n) is 3.83. The minimum absolute atomic E-state index is 0.340. The average Bonchev–Trinajstić information content (AvgIpc) is 2.35. The van der Waals surface area contributed by atoms with Crippen LogP contribution < -0.4 is 16.6 Å². The Hall–Kier alpha value is -1.50. The van der Waals surface area contributed by atoms with Crippen LogP contribution in [0.2, 0.25) is 0 Å². The fourth-order valence-corrected chi connectivity index (χ4v) is 1.43. The molecular formula is C11H19N5O. The van der Waals surface area contributed by atoms with E-state index in [-0.39, 0.29) is 5.91 Å². The van der Waals surface area contributed by atoms with E-state index in [2.05, 4.69) is 20.6 Å². The number of nitrogens with one attached hydrogen (secondary N) is 2. The van der Waals surface area contributed by atoms with Crippen molar-refractivity contribution in [2.45, 2.75) is 6.54 Å². The van der Waals surface area contributed by atoms with E-state index >= 15 is 0 Å². The maximum atomic E-state index is 11.3. The number of likely N-dealkylation sites (N-methyl/N-ethyl adjacent to an activating group) is 2. The smallest absolute Gasteiger partial charge is 0.283 e. The molecule has 0 saturated heterocycles. The molecule has 0 spiro atoms. The molecular weight excluding hydrogens is 218 g/mol. The predicted molar refractivity (Wildman–Crippen MR) is 66.2 cm³/mol. The first-order valence-corrected chi connectivity index (χ1v) is 5.47. The van der Waals surface area contributed by atoms with Gasteiger partial charge in [-0.15, -0.1) is 0 Å². The molecule has 0 atom stereocenters. The Kier molecular flexibility index (Phi) is 5.55. The molecule has 0 fully saturated rings. The lowest BCUT2D eigenvalue weighted by Gasteiger charge is -2.15. The molecule has 0 radical (unpaired) electrons. The van der Waals surface area contributed by atoms with Gasteiger partial charge in [-0.05, 0) is 26.2 Å². The van der Waals surface area contributed by atoms with Crippen LogP contribution >= 0.6 is 0 Å². The summed E-state index contributed by atoms with van der Waals surface area (Å²) in [6.45, 7) is 2.54. The summed E-state index contributed by atoms with van der Waals surface area (Å²) < 4.78 is 0. The number of carbonyl (C=O) groups is 1. The molecule has 1 amide bonds. The molecule has 1 aromatic heterocycles. The van der Waals surface area contributed by atoms with Gasteiger partial charge in [-0.25, -0.2) is 10.8 Å². The Morgan fingerprint density at radius 1 is 1.53 bits per heavy atom. The van der Waals surface area contributed by atoms with E-state index in [1.54, 1.807) is 12.1 Å². The number of carbonyl (C=O) groups excluding carboxylic acids is 1. The van der Waals surface area contributed by atoms with E-state index in [1.165, 1.54) is 0 Å². The topological polar surface area (TPSA) is 83.3 Å². The highest BCUT2D eigenvalue weighted by atomic mass is 16.2. The number of nitrogens with two attached hydrogens (primary N) is 1. The summed E-state index contributed by atoms with van der Waals surface area (Å²) in [5.41, 5.74) is 3.26. The molecule has 1 aromatic rings. The van der Waals surface area contributed by atoms with Crippen molar-refractivity contribution in [3.63, 3.8) is 0 Å². The SMILES string of the molecule is CNCCN(C)Cc1cccc(C(=O)NN)n1. The monoisotopic (exact) mass is 237 g/mol. The maximum absolute atomic E-state index is 11.3. The molecule has 94 valence electrons. The Balaban J connectivity index is 2.62. The normalized spacial score (nSPS) is 10.6. The fraction of sp³-hybridized carbons (Fsp3) is 0.455. The molecule has 6 heteroatoms. The van der Waals surface area contributed by atoms with Crippen LogP contribution in [0.25, 0.3) is 0 Å². The van der Waals surface area contributed by atoms with Crippen molar-refractivity contribution in [2.75, 3.05) is 27.2 Å².